The molecule has 0 spiro atoms. The van der Waals surface area contributed by atoms with Crippen LogP contribution in [0.4, 0.5) is 17.1 Å². The largest absolute Gasteiger partial charge is 0.453 e. The van der Waals surface area contributed by atoms with Gasteiger partial charge in [0.1, 0.15) is 0 Å². The van der Waals surface area contributed by atoms with Crippen LogP contribution in [0, 0.1) is 0 Å². The molecule has 1 aliphatic heterocycles. The summed E-state index contributed by atoms with van der Waals surface area (Å²) in [6.07, 6.45) is 3.32. The van der Waals surface area contributed by atoms with Gasteiger partial charge in [0.2, 0.25) is 0 Å². The van der Waals surface area contributed by atoms with Gasteiger partial charge in [0.15, 0.2) is 11.5 Å². The second-order valence-electron chi connectivity index (χ2n) is 6.42. The highest BCUT2D eigenvalue weighted by molar-refractivity contribution is 5.86. The number of para-hydroxylation sites is 4. The Morgan fingerprint density at radius 1 is 0.833 bits per heavy atom. The van der Waals surface area contributed by atoms with E-state index in [0.717, 1.165) is 29.3 Å². The number of hydrogen-bond donors (Lipinski definition) is 0. The van der Waals surface area contributed by atoms with E-state index < -0.39 is 0 Å². The summed E-state index contributed by atoms with van der Waals surface area (Å²) in [5.74, 6) is 1.79. The van der Waals surface area contributed by atoms with Crippen LogP contribution in [-0.2, 0) is 6.42 Å². The van der Waals surface area contributed by atoms with Gasteiger partial charge in [-0.2, -0.15) is 0 Å². The van der Waals surface area contributed by atoms with Gasteiger partial charge in [-0.05, 0) is 60.9 Å². The average molecular weight is 311 g/mol. The van der Waals surface area contributed by atoms with Crippen LogP contribution in [0.25, 0.3) is 6.08 Å². The lowest BCUT2D eigenvalue weighted by Gasteiger charge is -2.33. The van der Waals surface area contributed by atoms with Gasteiger partial charge in [0.05, 0.1) is 11.4 Å². The maximum Gasteiger partial charge on any atom is 0.151 e. The summed E-state index contributed by atoms with van der Waals surface area (Å²) < 4.78 is 6.09. The van der Waals surface area contributed by atoms with Crippen molar-refractivity contribution in [3.05, 3.63) is 83.4 Å². The van der Waals surface area contributed by atoms with Crippen molar-refractivity contribution < 1.29 is 4.74 Å². The summed E-state index contributed by atoms with van der Waals surface area (Å²) in [6, 6.07) is 23.2. The molecule has 0 bridgehead atoms. The maximum atomic E-state index is 6.09. The van der Waals surface area contributed by atoms with Crippen molar-refractivity contribution in [3.8, 4) is 11.5 Å². The van der Waals surface area contributed by atoms with E-state index in [1.54, 1.807) is 0 Å². The summed E-state index contributed by atoms with van der Waals surface area (Å²) in [7, 11) is 0. The number of ether oxygens (including phenoxy) is 1. The molecule has 2 aliphatic rings. The minimum absolute atomic E-state index is 0.894. The highest BCUT2D eigenvalue weighted by atomic mass is 16.5. The number of anilines is 3. The van der Waals surface area contributed by atoms with Crippen LogP contribution in [0.2, 0.25) is 0 Å². The van der Waals surface area contributed by atoms with E-state index in [-0.39, 0.29) is 0 Å². The molecule has 0 amide bonds. The summed E-state index contributed by atoms with van der Waals surface area (Å²) in [5.41, 5.74) is 7.50. The lowest BCUT2D eigenvalue weighted by atomic mass is 10.1. The predicted molar refractivity (Wildman–Crippen MR) is 98.6 cm³/mol. The van der Waals surface area contributed by atoms with Crippen molar-refractivity contribution in [1.82, 2.24) is 0 Å². The molecule has 1 aliphatic carbocycles. The number of hydrogen-bond acceptors (Lipinski definition) is 2. The molecule has 0 atom stereocenters. The van der Waals surface area contributed by atoms with E-state index in [4.69, 9.17) is 4.74 Å². The first-order chi connectivity index (χ1) is 11.8. The molecule has 5 rings (SSSR count). The van der Waals surface area contributed by atoms with Crippen molar-refractivity contribution in [2.75, 3.05) is 4.90 Å². The van der Waals surface area contributed by atoms with Crippen LogP contribution in [0.1, 0.15) is 18.1 Å². The zero-order chi connectivity index (χ0) is 16.1. The van der Waals surface area contributed by atoms with Gasteiger partial charge >= 0.3 is 0 Å². The smallest absolute Gasteiger partial charge is 0.151 e. The van der Waals surface area contributed by atoms with Crippen LogP contribution in [0.5, 0.6) is 11.5 Å². The molecular formula is C22H17NO. The van der Waals surface area contributed by atoms with Gasteiger partial charge in [0.25, 0.3) is 0 Å². The zero-order valence-corrected chi connectivity index (χ0v) is 13.5. The molecule has 3 aromatic rings. The van der Waals surface area contributed by atoms with Crippen LogP contribution in [0.3, 0.4) is 0 Å². The molecule has 2 nitrogen and oxygen atoms in total. The van der Waals surface area contributed by atoms with Crippen molar-refractivity contribution in [2.45, 2.75) is 13.3 Å². The Balaban J connectivity index is 1.70. The van der Waals surface area contributed by atoms with E-state index in [2.05, 4.69) is 60.4 Å². The Morgan fingerprint density at radius 3 is 2.21 bits per heavy atom. The third-order valence-corrected chi connectivity index (χ3v) is 4.69. The molecule has 2 heteroatoms. The lowest BCUT2D eigenvalue weighted by Crippen LogP contribution is -2.15. The first kappa shape index (κ1) is 13.4. The summed E-state index contributed by atoms with van der Waals surface area (Å²) in [4.78, 5) is 2.29. The minimum atomic E-state index is 0.894. The molecular weight excluding hydrogens is 294 g/mol. The Bertz CT molecular complexity index is 941. The molecule has 116 valence electrons. The lowest BCUT2D eigenvalue weighted by molar-refractivity contribution is 0.477. The van der Waals surface area contributed by atoms with Gasteiger partial charge in [0, 0.05) is 5.69 Å². The van der Waals surface area contributed by atoms with Crippen molar-refractivity contribution in [1.29, 1.82) is 0 Å². The highest BCUT2D eigenvalue weighted by Gasteiger charge is 2.25. The SMILES string of the molecule is CC1=Cc2ccc(N3c4ccccc4Oc4ccccc43)cc2C1. The number of rotatable bonds is 1. The number of allylic oxidation sites excluding steroid dienone is 1. The van der Waals surface area contributed by atoms with Crippen molar-refractivity contribution >= 4 is 23.1 Å². The molecule has 1 heterocycles. The Kier molecular flexibility index (Phi) is 2.80. The van der Waals surface area contributed by atoms with E-state index in [0.29, 0.717) is 0 Å². The van der Waals surface area contributed by atoms with Crippen molar-refractivity contribution in [3.63, 3.8) is 0 Å². The molecule has 3 aromatic carbocycles. The zero-order valence-electron chi connectivity index (χ0n) is 13.5. The van der Waals surface area contributed by atoms with Crippen LogP contribution >= 0.6 is 0 Å². The van der Waals surface area contributed by atoms with E-state index in [9.17, 15) is 0 Å². The third kappa shape index (κ3) is 1.96. The minimum Gasteiger partial charge on any atom is -0.453 e. The first-order valence-electron chi connectivity index (χ1n) is 8.26. The van der Waals surface area contributed by atoms with Gasteiger partial charge in [-0.1, -0.05) is 42.0 Å². The quantitative estimate of drug-likeness (QED) is 0.413. The van der Waals surface area contributed by atoms with Crippen LogP contribution < -0.4 is 9.64 Å². The predicted octanol–water partition coefficient (Wildman–Crippen LogP) is 6.22. The Hall–Kier alpha value is -3.00. The third-order valence-electron chi connectivity index (χ3n) is 4.69. The van der Waals surface area contributed by atoms with E-state index in [1.165, 1.54) is 22.4 Å². The standard InChI is InChI=1S/C22H17NO/c1-15-12-16-10-11-18(14-17(16)13-15)23-19-6-2-4-8-21(19)24-22-9-5-3-7-20(22)23/h2-12,14H,13H2,1H3. The highest BCUT2D eigenvalue weighted by Crippen LogP contribution is 2.50. The van der Waals surface area contributed by atoms with Gasteiger partial charge < -0.3 is 9.64 Å². The summed E-state index contributed by atoms with van der Waals surface area (Å²) in [6.45, 7) is 2.19. The molecule has 0 radical (unpaired) electrons. The Morgan fingerprint density at radius 2 is 1.50 bits per heavy atom. The number of benzene rings is 3. The molecule has 0 aromatic heterocycles. The monoisotopic (exact) mass is 311 g/mol. The fraction of sp³-hybridized carbons (Fsp3) is 0.0909. The normalized spacial score (nSPS) is 14.4. The molecule has 0 saturated heterocycles. The summed E-state index contributed by atoms with van der Waals surface area (Å²) >= 11 is 0. The van der Waals surface area contributed by atoms with Gasteiger partial charge in [-0.3, -0.25) is 0 Å². The average Bonchev–Trinajstić information content (AvgIpc) is 2.98. The number of nitrogens with zero attached hydrogens (tertiary/aromatic N) is 1. The van der Waals surface area contributed by atoms with Gasteiger partial charge in [-0.25, -0.2) is 0 Å². The molecule has 0 fully saturated rings. The maximum absolute atomic E-state index is 6.09. The fourth-order valence-corrected chi connectivity index (χ4v) is 3.62. The van der Waals surface area contributed by atoms with E-state index >= 15 is 0 Å². The van der Waals surface area contributed by atoms with Crippen LogP contribution in [0.15, 0.2) is 72.3 Å². The molecule has 0 N–H and O–H groups in total. The van der Waals surface area contributed by atoms with Crippen LogP contribution in [-0.4, -0.2) is 0 Å². The second-order valence-corrected chi connectivity index (χ2v) is 6.42. The van der Waals surface area contributed by atoms with E-state index in [1.807, 2.05) is 24.3 Å². The fourth-order valence-electron chi connectivity index (χ4n) is 3.62. The molecule has 0 unspecified atom stereocenters. The summed E-state index contributed by atoms with van der Waals surface area (Å²) in [5, 5.41) is 0. The Labute approximate surface area is 141 Å². The topological polar surface area (TPSA) is 12.5 Å². The molecule has 24 heavy (non-hydrogen) atoms. The van der Waals surface area contributed by atoms with Gasteiger partial charge in [-0.15, -0.1) is 0 Å². The second kappa shape index (κ2) is 5.00. The molecule has 0 saturated carbocycles. The first-order valence-corrected chi connectivity index (χ1v) is 8.26. The number of fused-ring (bicyclic) bond motifs is 3. The van der Waals surface area contributed by atoms with Crippen molar-refractivity contribution in [2.24, 2.45) is 0 Å².